The topological polar surface area (TPSA) is 171 Å². The number of primary amides is 1. The number of nitrogen functional groups attached to an aromatic ring is 1. The molecule has 5 N–H and O–H groups in total. The van der Waals surface area contributed by atoms with Crippen molar-refractivity contribution < 1.29 is 19.1 Å². The summed E-state index contributed by atoms with van der Waals surface area (Å²) in [4.78, 5) is 44.4. The predicted octanol–water partition coefficient (Wildman–Crippen LogP) is 1.58. The molecule has 1 fully saturated rings. The first-order chi connectivity index (χ1) is 17.6. The van der Waals surface area contributed by atoms with Gasteiger partial charge in [-0.15, -0.1) is 0 Å². The average Bonchev–Trinajstić information content (AvgIpc) is 2.88. The second kappa shape index (κ2) is 10.7. The van der Waals surface area contributed by atoms with Gasteiger partial charge < -0.3 is 31.2 Å². The number of ether oxygens (including phenoxy) is 2. The van der Waals surface area contributed by atoms with Gasteiger partial charge in [-0.2, -0.15) is 15.0 Å². The number of methoxy groups -OCH3 is 1. The number of pyridine rings is 1. The third-order valence-corrected chi connectivity index (χ3v) is 6.97. The molecule has 37 heavy (non-hydrogen) atoms. The molecule has 2 aliphatic rings. The molecule has 2 aromatic heterocycles. The highest BCUT2D eigenvalue weighted by molar-refractivity contribution is 5.95. The summed E-state index contributed by atoms with van der Waals surface area (Å²) in [5.74, 6) is -0.552. The number of piperidine rings is 1. The molecule has 2 atom stereocenters. The molecule has 2 amide bonds. The number of aromatic nitrogens is 4. The van der Waals surface area contributed by atoms with Crippen LogP contribution in [0.4, 0.5) is 11.6 Å². The van der Waals surface area contributed by atoms with E-state index in [1.165, 1.54) is 0 Å². The smallest absolute Gasteiger partial charge is 0.322 e. The summed E-state index contributed by atoms with van der Waals surface area (Å²) in [7, 11) is 1.58. The van der Waals surface area contributed by atoms with Crippen molar-refractivity contribution in [3.63, 3.8) is 0 Å². The van der Waals surface area contributed by atoms with E-state index >= 15 is 0 Å². The van der Waals surface area contributed by atoms with Gasteiger partial charge in [-0.25, -0.2) is 4.98 Å². The van der Waals surface area contributed by atoms with Crippen molar-refractivity contribution in [1.82, 2.24) is 25.3 Å². The number of amides is 2. The minimum Gasteiger partial charge on any atom is -0.458 e. The standard InChI is InChI=1S/C25H34N8O4/c1-14-7-10-25(14,3)32-22(35)21-29-23(31-24(30-21)37-15(2)13-36-4)33-11-8-16(9-12-33)18-6-5-17(26)19(28-18)20(27)34/h5-7,15-16H,8-13,26H2,1-4H3,(H2,27,34)(H,32,35)/t15-,25?/m1/s1. The van der Waals surface area contributed by atoms with Crippen LogP contribution >= 0.6 is 0 Å². The number of nitrogens with two attached hydrogens (primary N) is 2. The van der Waals surface area contributed by atoms with Crippen molar-refractivity contribution in [2.75, 3.05) is 37.4 Å². The largest absolute Gasteiger partial charge is 0.458 e. The summed E-state index contributed by atoms with van der Waals surface area (Å²) >= 11 is 0. The van der Waals surface area contributed by atoms with Crippen LogP contribution in [0, 0.1) is 0 Å². The van der Waals surface area contributed by atoms with Crippen LogP contribution in [0.1, 0.15) is 72.8 Å². The van der Waals surface area contributed by atoms with Gasteiger partial charge in [0.15, 0.2) is 5.69 Å². The Morgan fingerprint density at radius 1 is 1.22 bits per heavy atom. The maximum Gasteiger partial charge on any atom is 0.322 e. The first-order valence-electron chi connectivity index (χ1n) is 12.3. The molecule has 1 unspecified atom stereocenters. The Bertz CT molecular complexity index is 1210. The highest BCUT2D eigenvalue weighted by Gasteiger charge is 2.35. The fourth-order valence-corrected chi connectivity index (χ4v) is 4.44. The van der Waals surface area contributed by atoms with E-state index in [9.17, 15) is 9.59 Å². The third kappa shape index (κ3) is 5.79. The summed E-state index contributed by atoms with van der Waals surface area (Å²) in [6, 6.07) is 3.56. The van der Waals surface area contributed by atoms with Crippen LogP contribution in [0.5, 0.6) is 6.01 Å². The average molecular weight is 511 g/mol. The predicted molar refractivity (Wildman–Crippen MR) is 137 cm³/mol. The van der Waals surface area contributed by atoms with E-state index < -0.39 is 11.4 Å². The van der Waals surface area contributed by atoms with E-state index in [0.717, 1.165) is 30.5 Å². The number of carbonyl (C=O) groups excluding carboxylic acids is 2. The molecule has 2 aromatic rings. The van der Waals surface area contributed by atoms with Gasteiger partial charge in [-0.05, 0) is 52.2 Å². The van der Waals surface area contributed by atoms with Crippen molar-refractivity contribution >= 4 is 23.5 Å². The van der Waals surface area contributed by atoms with Gasteiger partial charge in [0.1, 0.15) is 6.10 Å². The summed E-state index contributed by atoms with van der Waals surface area (Å²) in [6.07, 6.45) is 3.99. The Morgan fingerprint density at radius 2 is 1.95 bits per heavy atom. The summed E-state index contributed by atoms with van der Waals surface area (Å²) in [5, 5.41) is 3.03. The lowest BCUT2D eigenvalue weighted by atomic mass is 9.79. The molecule has 0 bridgehead atoms. The molecule has 12 heteroatoms. The molecule has 1 saturated heterocycles. The van der Waals surface area contributed by atoms with E-state index in [0.29, 0.717) is 25.6 Å². The van der Waals surface area contributed by atoms with Crippen molar-refractivity contribution in [1.29, 1.82) is 0 Å². The van der Waals surface area contributed by atoms with Crippen LogP contribution in [0.25, 0.3) is 0 Å². The number of nitrogens with zero attached hydrogens (tertiary/aromatic N) is 5. The zero-order valence-corrected chi connectivity index (χ0v) is 21.7. The zero-order chi connectivity index (χ0) is 26.7. The van der Waals surface area contributed by atoms with E-state index in [1.54, 1.807) is 13.2 Å². The SMILES string of the molecule is COC[C@@H](C)Oc1nc(C(=O)NC2(C)CC=C2C)nc(N2CCC(c3ccc(N)c(C(N)=O)n3)CC2)n1. The van der Waals surface area contributed by atoms with Crippen molar-refractivity contribution in [2.45, 2.75) is 57.6 Å². The van der Waals surface area contributed by atoms with Gasteiger partial charge in [-0.3, -0.25) is 9.59 Å². The van der Waals surface area contributed by atoms with Gasteiger partial charge in [0.25, 0.3) is 11.8 Å². The van der Waals surface area contributed by atoms with E-state index in [4.69, 9.17) is 20.9 Å². The van der Waals surface area contributed by atoms with Crippen molar-refractivity contribution in [3.05, 3.63) is 41.0 Å². The highest BCUT2D eigenvalue weighted by atomic mass is 16.5. The van der Waals surface area contributed by atoms with Crippen LogP contribution in [-0.4, -0.2) is 70.2 Å². The Morgan fingerprint density at radius 3 is 2.54 bits per heavy atom. The molecule has 198 valence electrons. The quantitative estimate of drug-likeness (QED) is 0.421. The minimum absolute atomic E-state index is 0.000957. The number of anilines is 2. The second-order valence-electron chi connectivity index (χ2n) is 9.80. The van der Waals surface area contributed by atoms with Gasteiger partial charge >= 0.3 is 6.01 Å². The molecule has 1 aliphatic heterocycles. The monoisotopic (exact) mass is 510 g/mol. The van der Waals surface area contributed by atoms with E-state index in [-0.39, 0.29) is 41.1 Å². The number of rotatable bonds is 9. The van der Waals surface area contributed by atoms with Gasteiger partial charge in [0, 0.05) is 31.8 Å². The molecule has 4 rings (SSSR count). The summed E-state index contributed by atoms with van der Waals surface area (Å²) in [5.41, 5.74) is 13.0. The maximum atomic E-state index is 13.1. The molecule has 0 aromatic carbocycles. The fraction of sp³-hybridized carbons (Fsp3) is 0.520. The molecule has 0 radical (unpaired) electrons. The molecule has 1 aliphatic carbocycles. The number of hydrogen-bond donors (Lipinski definition) is 3. The first kappa shape index (κ1) is 26.3. The van der Waals surface area contributed by atoms with E-state index in [2.05, 4.69) is 31.3 Å². The van der Waals surface area contributed by atoms with Crippen LogP contribution in [0.2, 0.25) is 0 Å². The first-order valence-corrected chi connectivity index (χ1v) is 12.3. The molecular formula is C25H34N8O4. The van der Waals surface area contributed by atoms with Crippen LogP contribution in [0.15, 0.2) is 23.8 Å². The Balaban J connectivity index is 1.53. The lowest BCUT2D eigenvalue weighted by molar-refractivity contribution is 0.0831. The maximum absolute atomic E-state index is 13.1. The van der Waals surface area contributed by atoms with Crippen molar-refractivity contribution in [3.8, 4) is 6.01 Å². The van der Waals surface area contributed by atoms with Crippen LogP contribution in [0.3, 0.4) is 0 Å². The van der Waals surface area contributed by atoms with Gasteiger partial charge in [-0.1, -0.05) is 11.6 Å². The summed E-state index contributed by atoms with van der Waals surface area (Å²) in [6.45, 7) is 7.36. The van der Waals surface area contributed by atoms with Crippen LogP contribution < -0.4 is 26.4 Å². The Kier molecular flexibility index (Phi) is 7.58. The molecular weight excluding hydrogens is 476 g/mol. The molecule has 12 nitrogen and oxygen atoms in total. The number of nitrogens with one attached hydrogen (secondary N) is 1. The van der Waals surface area contributed by atoms with Gasteiger partial charge in [0.05, 0.1) is 17.8 Å². The number of carbonyl (C=O) groups is 2. The Labute approximate surface area is 215 Å². The van der Waals surface area contributed by atoms with Gasteiger partial charge in [0.2, 0.25) is 11.8 Å². The lowest BCUT2D eigenvalue weighted by Crippen LogP contribution is -2.51. The van der Waals surface area contributed by atoms with Crippen LogP contribution in [-0.2, 0) is 4.74 Å². The van der Waals surface area contributed by atoms with E-state index in [1.807, 2.05) is 31.7 Å². The summed E-state index contributed by atoms with van der Waals surface area (Å²) < 4.78 is 11.0. The second-order valence-corrected chi connectivity index (χ2v) is 9.80. The molecule has 3 heterocycles. The number of hydrogen-bond acceptors (Lipinski definition) is 10. The Hall–Kier alpha value is -3.80. The minimum atomic E-state index is -0.649. The lowest BCUT2D eigenvalue weighted by Gasteiger charge is -2.38. The zero-order valence-electron chi connectivity index (χ0n) is 21.7. The van der Waals surface area contributed by atoms with Crippen molar-refractivity contribution in [2.24, 2.45) is 5.73 Å². The molecule has 0 saturated carbocycles. The third-order valence-electron chi connectivity index (χ3n) is 6.97. The molecule has 0 spiro atoms. The highest BCUT2D eigenvalue weighted by Crippen LogP contribution is 2.32. The normalized spacial score (nSPS) is 20.5. The fourth-order valence-electron chi connectivity index (χ4n) is 4.44.